The molecule has 5 nitrogen and oxygen atoms in total. The van der Waals surface area contributed by atoms with Gasteiger partial charge in [0.05, 0.1) is 0 Å². The molecule has 136 valence electrons. The van der Waals surface area contributed by atoms with Gasteiger partial charge < -0.3 is 15.5 Å². The van der Waals surface area contributed by atoms with Crippen molar-refractivity contribution in [1.82, 2.24) is 15.5 Å². The van der Waals surface area contributed by atoms with Gasteiger partial charge >= 0.3 is 0 Å². The Morgan fingerprint density at radius 3 is 2.36 bits per heavy atom. The van der Waals surface area contributed by atoms with Crippen molar-refractivity contribution in [3.05, 3.63) is 34.9 Å². The lowest BCUT2D eigenvalue weighted by Gasteiger charge is -2.26. The normalized spacial score (nSPS) is 23.6. The maximum Gasteiger partial charge on any atom is 0.251 e. The molecule has 0 aromatic heterocycles. The summed E-state index contributed by atoms with van der Waals surface area (Å²) in [6, 6.07) is 6.26. The summed E-state index contributed by atoms with van der Waals surface area (Å²) in [5.41, 5.74) is 0.522. The van der Waals surface area contributed by atoms with E-state index in [9.17, 15) is 9.59 Å². The fraction of sp³-hybridized carbons (Fsp3) is 0.579. The van der Waals surface area contributed by atoms with Gasteiger partial charge in [-0.3, -0.25) is 9.59 Å². The van der Waals surface area contributed by atoms with Crippen molar-refractivity contribution < 1.29 is 9.59 Å². The number of halogens is 1. The number of carbonyl (C=O) groups excluding carboxylic acids is 2. The maximum absolute atomic E-state index is 13.0. The molecular formula is C19H26ClN3O2. The Morgan fingerprint density at radius 2 is 1.80 bits per heavy atom. The van der Waals surface area contributed by atoms with Crippen LogP contribution in [0.2, 0.25) is 5.02 Å². The highest BCUT2D eigenvalue weighted by atomic mass is 35.5. The van der Waals surface area contributed by atoms with Crippen molar-refractivity contribution in [3.8, 4) is 0 Å². The van der Waals surface area contributed by atoms with E-state index >= 15 is 0 Å². The molecule has 6 heteroatoms. The quantitative estimate of drug-likeness (QED) is 0.842. The Hall–Kier alpha value is -1.59. The molecule has 2 aliphatic rings. The van der Waals surface area contributed by atoms with Crippen LogP contribution in [0.5, 0.6) is 0 Å². The van der Waals surface area contributed by atoms with E-state index in [1.165, 1.54) is 0 Å². The lowest BCUT2D eigenvalue weighted by Crippen LogP contribution is -2.49. The summed E-state index contributed by atoms with van der Waals surface area (Å²) >= 11 is 5.88. The molecule has 0 bridgehead atoms. The van der Waals surface area contributed by atoms with Crippen LogP contribution in [-0.2, 0) is 4.79 Å². The Balaban J connectivity index is 1.67. The first-order valence-corrected chi connectivity index (χ1v) is 9.37. The average Bonchev–Trinajstić information content (AvgIpc) is 3.15. The second-order valence-electron chi connectivity index (χ2n) is 7.58. The van der Waals surface area contributed by atoms with E-state index in [1.807, 2.05) is 4.90 Å². The van der Waals surface area contributed by atoms with Gasteiger partial charge in [-0.25, -0.2) is 0 Å². The van der Waals surface area contributed by atoms with Gasteiger partial charge in [0.2, 0.25) is 5.91 Å². The summed E-state index contributed by atoms with van der Waals surface area (Å²) in [5.74, 6) is 1.25. The van der Waals surface area contributed by atoms with E-state index in [1.54, 1.807) is 24.3 Å². The fourth-order valence-electron chi connectivity index (χ4n) is 3.79. The number of carbonyl (C=O) groups is 2. The molecule has 2 N–H and O–H groups in total. The predicted molar refractivity (Wildman–Crippen MR) is 98.6 cm³/mol. The van der Waals surface area contributed by atoms with Gasteiger partial charge in [-0.1, -0.05) is 25.4 Å². The number of hydrogen-bond acceptors (Lipinski definition) is 3. The highest BCUT2D eigenvalue weighted by Crippen LogP contribution is 2.27. The van der Waals surface area contributed by atoms with Crippen LogP contribution in [0.15, 0.2) is 24.3 Å². The zero-order valence-corrected chi connectivity index (χ0v) is 15.6. The van der Waals surface area contributed by atoms with Crippen LogP contribution in [0.3, 0.4) is 0 Å². The van der Waals surface area contributed by atoms with E-state index in [4.69, 9.17) is 11.6 Å². The second-order valence-corrected chi connectivity index (χ2v) is 8.02. The Morgan fingerprint density at radius 1 is 1.20 bits per heavy atom. The van der Waals surface area contributed by atoms with E-state index in [-0.39, 0.29) is 11.8 Å². The molecule has 1 aromatic carbocycles. The smallest absolute Gasteiger partial charge is 0.251 e. The number of amides is 2. The lowest BCUT2D eigenvalue weighted by molar-refractivity contribution is -0.132. The van der Waals surface area contributed by atoms with Crippen molar-refractivity contribution in [2.45, 2.75) is 26.3 Å². The molecule has 2 fully saturated rings. The Labute approximate surface area is 154 Å². The molecule has 2 aliphatic heterocycles. The SMILES string of the molecule is CC(C)CC(NC(=O)c1ccc(Cl)cc1)C(=O)N1C[C@H]2CNC[C@H]2C1. The highest BCUT2D eigenvalue weighted by Gasteiger charge is 2.40. The molecule has 3 atom stereocenters. The molecule has 3 rings (SSSR count). The number of fused-ring (bicyclic) bond motifs is 1. The van der Waals surface area contributed by atoms with Crippen molar-refractivity contribution in [1.29, 1.82) is 0 Å². The molecule has 2 amide bonds. The predicted octanol–water partition coefficient (Wildman–Crippen LogP) is 2.16. The van der Waals surface area contributed by atoms with Gasteiger partial charge in [0.1, 0.15) is 6.04 Å². The van der Waals surface area contributed by atoms with Gasteiger partial charge in [0.25, 0.3) is 5.91 Å². The van der Waals surface area contributed by atoms with E-state index in [2.05, 4.69) is 24.5 Å². The topological polar surface area (TPSA) is 61.4 Å². The van der Waals surface area contributed by atoms with Crippen LogP contribution in [0, 0.1) is 17.8 Å². The number of rotatable bonds is 5. The first kappa shape index (κ1) is 18.2. The fourth-order valence-corrected chi connectivity index (χ4v) is 3.92. The third-order valence-electron chi connectivity index (χ3n) is 5.12. The first-order chi connectivity index (χ1) is 11.9. The van der Waals surface area contributed by atoms with Gasteiger partial charge in [-0.2, -0.15) is 0 Å². The van der Waals surface area contributed by atoms with Crippen LogP contribution in [0.4, 0.5) is 0 Å². The van der Waals surface area contributed by atoms with E-state index < -0.39 is 6.04 Å². The third-order valence-corrected chi connectivity index (χ3v) is 5.37. The molecule has 0 radical (unpaired) electrons. The van der Waals surface area contributed by atoms with Crippen LogP contribution in [0.1, 0.15) is 30.6 Å². The largest absolute Gasteiger partial charge is 0.340 e. The number of nitrogens with one attached hydrogen (secondary N) is 2. The molecule has 0 saturated carbocycles. The molecule has 1 aromatic rings. The van der Waals surface area contributed by atoms with Gasteiger partial charge in [0.15, 0.2) is 0 Å². The van der Waals surface area contributed by atoms with Crippen LogP contribution in [-0.4, -0.2) is 48.9 Å². The van der Waals surface area contributed by atoms with Crippen molar-refractivity contribution in [3.63, 3.8) is 0 Å². The van der Waals surface area contributed by atoms with Crippen molar-refractivity contribution in [2.24, 2.45) is 17.8 Å². The maximum atomic E-state index is 13.0. The first-order valence-electron chi connectivity index (χ1n) is 9.00. The molecule has 1 unspecified atom stereocenters. The summed E-state index contributed by atoms with van der Waals surface area (Å²) in [6.45, 7) is 7.69. The van der Waals surface area contributed by atoms with Crippen molar-refractivity contribution in [2.75, 3.05) is 26.2 Å². The minimum Gasteiger partial charge on any atom is -0.340 e. The number of nitrogens with zero attached hydrogens (tertiary/aromatic N) is 1. The number of hydrogen-bond donors (Lipinski definition) is 2. The molecule has 2 heterocycles. The van der Waals surface area contributed by atoms with Crippen molar-refractivity contribution >= 4 is 23.4 Å². The summed E-state index contributed by atoms with van der Waals surface area (Å²) in [7, 11) is 0. The van der Waals surface area contributed by atoms with E-state index in [0.29, 0.717) is 34.8 Å². The summed E-state index contributed by atoms with van der Waals surface area (Å²) < 4.78 is 0. The van der Waals surface area contributed by atoms with Gasteiger partial charge in [-0.05, 0) is 48.4 Å². The second kappa shape index (κ2) is 7.75. The summed E-state index contributed by atoms with van der Waals surface area (Å²) in [6.07, 6.45) is 0.641. The Kier molecular flexibility index (Phi) is 5.64. The minimum absolute atomic E-state index is 0.0467. The minimum atomic E-state index is -0.477. The summed E-state index contributed by atoms with van der Waals surface area (Å²) in [4.78, 5) is 27.5. The van der Waals surface area contributed by atoms with Crippen LogP contribution >= 0.6 is 11.6 Å². The van der Waals surface area contributed by atoms with Crippen LogP contribution in [0.25, 0.3) is 0 Å². The number of likely N-dealkylation sites (tertiary alicyclic amines) is 1. The standard InChI is InChI=1S/C19H26ClN3O2/c1-12(2)7-17(22-18(24)13-3-5-16(20)6-4-13)19(25)23-10-14-8-21-9-15(14)11-23/h3-6,12,14-15,17,21H,7-11H2,1-2H3,(H,22,24)/t14-,15+,17?. The van der Waals surface area contributed by atoms with E-state index in [0.717, 1.165) is 26.2 Å². The third kappa shape index (κ3) is 4.33. The number of benzene rings is 1. The molecular weight excluding hydrogens is 338 g/mol. The van der Waals surface area contributed by atoms with Crippen LogP contribution < -0.4 is 10.6 Å². The highest BCUT2D eigenvalue weighted by molar-refractivity contribution is 6.30. The van der Waals surface area contributed by atoms with Gasteiger partial charge in [-0.15, -0.1) is 0 Å². The molecule has 0 aliphatic carbocycles. The zero-order chi connectivity index (χ0) is 18.0. The zero-order valence-electron chi connectivity index (χ0n) is 14.8. The molecule has 2 saturated heterocycles. The lowest BCUT2D eigenvalue weighted by atomic mass is 10.0. The monoisotopic (exact) mass is 363 g/mol. The van der Waals surface area contributed by atoms with Gasteiger partial charge in [0, 0.05) is 36.8 Å². The molecule has 25 heavy (non-hydrogen) atoms. The average molecular weight is 364 g/mol. The molecule has 0 spiro atoms. The Bertz CT molecular complexity index is 620. The summed E-state index contributed by atoms with van der Waals surface area (Å²) in [5, 5.41) is 6.91.